The Morgan fingerprint density at radius 3 is 2.29 bits per heavy atom. The third kappa shape index (κ3) is 5.81. The normalized spacial score (nSPS) is 10.6. The monoisotopic (exact) mass is 433 g/mol. The highest BCUT2D eigenvalue weighted by Crippen LogP contribution is 2.21. The quantitative estimate of drug-likeness (QED) is 0.284. The van der Waals surface area contributed by atoms with Gasteiger partial charge in [-0.15, -0.1) is 6.58 Å². The van der Waals surface area contributed by atoms with Crippen LogP contribution < -0.4 is 10.7 Å². The van der Waals surface area contributed by atoms with E-state index in [4.69, 9.17) is 11.6 Å². The molecule has 0 bridgehead atoms. The smallest absolute Gasteiger partial charge is 0.271 e. The second-order valence-corrected chi connectivity index (χ2v) is 7.02. The van der Waals surface area contributed by atoms with Gasteiger partial charge in [0.25, 0.3) is 11.8 Å². The van der Waals surface area contributed by atoms with E-state index in [2.05, 4.69) is 22.4 Å². The van der Waals surface area contributed by atoms with Crippen LogP contribution in [-0.4, -0.2) is 23.1 Å². The van der Waals surface area contributed by atoms with Gasteiger partial charge in [0.1, 0.15) is 5.75 Å². The maximum absolute atomic E-state index is 12.3. The van der Waals surface area contributed by atoms with Crippen LogP contribution in [0.2, 0.25) is 5.02 Å². The summed E-state index contributed by atoms with van der Waals surface area (Å²) in [4.78, 5) is 24.5. The van der Waals surface area contributed by atoms with Crippen molar-refractivity contribution in [1.82, 2.24) is 5.43 Å². The molecule has 0 aromatic heterocycles. The minimum atomic E-state index is -0.423. The molecular formula is C24H20ClN3O3. The predicted octanol–water partition coefficient (Wildman–Crippen LogP) is 4.79. The number of phenolic OH excluding ortho intramolecular Hbond substituents is 1. The topological polar surface area (TPSA) is 90.8 Å². The molecule has 3 N–H and O–H groups in total. The zero-order valence-corrected chi connectivity index (χ0v) is 17.3. The highest BCUT2D eigenvalue weighted by molar-refractivity contribution is 6.30. The standard InChI is InChI=1S/C24H20ClN3O3/c1-2-4-16-5-3-6-19(22(16)29)15-26-28-24(31)18-9-13-21(14-10-18)27-23(30)17-7-11-20(25)12-8-17/h2-3,5-15,29H,1,4H2,(H,27,30)(H,28,31). The number of aromatic hydroxyl groups is 1. The van der Waals surface area contributed by atoms with E-state index in [0.29, 0.717) is 33.8 Å². The largest absolute Gasteiger partial charge is 0.507 e. The Morgan fingerprint density at radius 1 is 0.968 bits per heavy atom. The summed E-state index contributed by atoms with van der Waals surface area (Å²) < 4.78 is 0. The van der Waals surface area contributed by atoms with Crippen molar-refractivity contribution in [3.8, 4) is 5.75 Å². The van der Waals surface area contributed by atoms with Gasteiger partial charge >= 0.3 is 0 Å². The molecular weight excluding hydrogens is 414 g/mol. The molecule has 0 aliphatic carbocycles. The van der Waals surface area contributed by atoms with Gasteiger partial charge in [-0.1, -0.05) is 29.8 Å². The molecule has 0 aliphatic rings. The van der Waals surface area contributed by atoms with Gasteiger partial charge in [0, 0.05) is 27.4 Å². The molecule has 2 amide bonds. The first-order valence-corrected chi connectivity index (χ1v) is 9.78. The molecule has 0 heterocycles. The Labute approximate surface area is 184 Å². The molecule has 0 spiro atoms. The van der Waals surface area contributed by atoms with Gasteiger partial charge in [-0.25, -0.2) is 5.43 Å². The zero-order chi connectivity index (χ0) is 22.2. The maximum Gasteiger partial charge on any atom is 0.271 e. The summed E-state index contributed by atoms with van der Waals surface area (Å²) in [6.45, 7) is 3.66. The fraction of sp³-hybridized carbons (Fsp3) is 0.0417. The molecule has 0 atom stereocenters. The number of hydrogen-bond acceptors (Lipinski definition) is 4. The van der Waals surface area contributed by atoms with Gasteiger partial charge in [0.15, 0.2) is 0 Å². The van der Waals surface area contributed by atoms with E-state index in [1.54, 1.807) is 72.8 Å². The molecule has 3 rings (SSSR count). The number of allylic oxidation sites excluding steroid dienone is 1. The lowest BCUT2D eigenvalue weighted by Gasteiger charge is -2.07. The molecule has 3 aromatic carbocycles. The molecule has 31 heavy (non-hydrogen) atoms. The van der Waals surface area contributed by atoms with Crippen molar-refractivity contribution < 1.29 is 14.7 Å². The predicted molar refractivity (Wildman–Crippen MR) is 123 cm³/mol. The van der Waals surface area contributed by atoms with Gasteiger partial charge < -0.3 is 10.4 Å². The summed E-state index contributed by atoms with van der Waals surface area (Å²) in [5.74, 6) is -0.605. The molecule has 0 fully saturated rings. The second-order valence-electron chi connectivity index (χ2n) is 6.59. The Balaban J connectivity index is 1.60. The van der Waals surface area contributed by atoms with Crippen LogP contribution in [0.25, 0.3) is 0 Å². The number of carbonyl (C=O) groups excluding carboxylic acids is 2. The molecule has 0 unspecified atom stereocenters. The van der Waals surface area contributed by atoms with Crippen molar-refractivity contribution in [2.75, 3.05) is 5.32 Å². The van der Waals surface area contributed by atoms with E-state index >= 15 is 0 Å². The number of benzene rings is 3. The first-order chi connectivity index (χ1) is 15.0. The number of para-hydroxylation sites is 1. The minimum Gasteiger partial charge on any atom is -0.507 e. The SMILES string of the molecule is C=CCc1cccc(C=NNC(=O)c2ccc(NC(=O)c3ccc(Cl)cc3)cc2)c1O. The van der Waals surface area contributed by atoms with Crippen molar-refractivity contribution in [3.63, 3.8) is 0 Å². The molecule has 6 nitrogen and oxygen atoms in total. The summed E-state index contributed by atoms with van der Waals surface area (Å²) in [6, 6.07) is 18.2. The first-order valence-electron chi connectivity index (χ1n) is 9.40. The average molecular weight is 434 g/mol. The van der Waals surface area contributed by atoms with Crippen LogP contribution in [0.5, 0.6) is 5.75 Å². The summed E-state index contributed by atoms with van der Waals surface area (Å²) in [6.07, 6.45) is 3.60. The Bertz CT molecular complexity index is 1120. The number of carbonyl (C=O) groups is 2. The van der Waals surface area contributed by atoms with Crippen LogP contribution in [-0.2, 0) is 6.42 Å². The molecule has 0 saturated heterocycles. The van der Waals surface area contributed by atoms with E-state index in [1.807, 2.05) is 0 Å². The second kappa shape index (κ2) is 10.2. The van der Waals surface area contributed by atoms with Crippen molar-refractivity contribution in [1.29, 1.82) is 0 Å². The lowest BCUT2D eigenvalue weighted by molar-refractivity contribution is 0.0954. The molecule has 0 saturated carbocycles. The van der Waals surface area contributed by atoms with Gasteiger partial charge in [0.2, 0.25) is 0 Å². The first kappa shape index (κ1) is 21.8. The van der Waals surface area contributed by atoms with E-state index in [-0.39, 0.29) is 11.7 Å². The summed E-state index contributed by atoms with van der Waals surface area (Å²) in [7, 11) is 0. The number of hydrazone groups is 1. The van der Waals surface area contributed by atoms with Crippen LogP contribution in [0.4, 0.5) is 5.69 Å². The Hall–Kier alpha value is -3.90. The number of anilines is 1. The third-order valence-corrected chi connectivity index (χ3v) is 4.65. The average Bonchev–Trinajstić information content (AvgIpc) is 2.77. The Kier molecular flexibility index (Phi) is 7.19. The van der Waals surface area contributed by atoms with E-state index in [0.717, 1.165) is 5.56 Å². The highest BCUT2D eigenvalue weighted by Gasteiger charge is 2.08. The molecule has 156 valence electrons. The highest BCUT2D eigenvalue weighted by atomic mass is 35.5. The molecule has 3 aromatic rings. The van der Waals surface area contributed by atoms with Crippen molar-refractivity contribution in [2.45, 2.75) is 6.42 Å². The van der Waals surface area contributed by atoms with Gasteiger partial charge in [-0.3, -0.25) is 9.59 Å². The van der Waals surface area contributed by atoms with Crippen molar-refractivity contribution in [2.24, 2.45) is 5.10 Å². The summed E-state index contributed by atoms with van der Waals surface area (Å²) >= 11 is 5.83. The van der Waals surface area contributed by atoms with Crippen LogP contribution in [0.1, 0.15) is 31.8 Å². The van der Waals surface area contributed by atoms with E-state index < -0.39 is 5.91 Å². The van der Waals surface area contributed by atoms with Gasteiger partial charge in [0.05, 0.1) is 6.21 Å². The number of rotatable bonds is 7. The maximum atomic E-state index is 12.3. The molecule has 7 heteroatoms. The number of amides is 2. The fourth-order valence-electron chi connectivity index (χ4n) is 2.77. The minimum absolute atomic E-state index is 0.0983. The van der Waals surface area contributed by atoms with E-state index in [1.165, 1.54) is 6.21 Å². The van der Waals surface area contributed by atoms with Gasteiger partial charge in [-0.2, -0.15) is 5.10 Å². The van der Waals surface area contributed by atoms with Crippen molar-refractivity contribution in [3.05, 3.63) is 107 Å². The number of phenols is 1. The van der Waals surface area contributed by atoms with Crippen LogP contribution in [0, 0.1) is 0 Å². The zero-order valence-electron chi connectivity index (χ0n) is 16.5. The molecule has 0 radical (unpaired) electrons. The van der Waals surface area contributed by atoms with E-state index in [9.17, 15) is 14.7 Å². The number of nitrogens with zero attached hydrogens (tertiary/aromatic N) is 1. The molecule has 0 aliphatic heterocycles. The van der Waals surface area contributed by atoms with Gasteiger partial charge in [-0.05, 0) is 66.6 Å². The van der Waals surface area contributed by atoms with Crippen LogP contribution >= 0.6 is 11.6 Å². The third-order valence-electron chi connectivity index (χ3n) is 4.40. The summed E-state index contributed by atoms with van der Waals surface area (Å²) in [5, 5.41) is 17.4. The number of hydrogen-bond donors (Lipinski definition) is 3. The number of nitrogens with one attached hydrogen (secondary N) is 2. The fourth-order valence-corrected chi connectivity index (χ4v) is 2.90. The summed E-state index contributed by atoms with van der Waals surface area (Å²) in [5.41, 5.74) is 5.01. The Morgan fingerprint density at radius 2 is 1.61 bits per heavy atom. The van der Waals surface area contributed by atoms with Crippen LogP contribution in [0.15, 0.2) is 84.5 Å². The van der Waals surface area contributed by atoms with Crippen LogP contribution in [0.3, 0.4) is 0 Å². The lowest BCUT2D eigenvalue weighted by atomic mass is 10.1. The lowest BCUT2D eigenvalue weighted by Crippen LogP contribution is -2.18. The number of halogens is 1. The van der Waals surface area contributed by atoms with Crippen molar-refractivity contribution >= 4 is 35.3 Å².